The molecule has 0 amide bonds. The topological polar surface area (TPSA) is 43.8 Å². The van der Waals surface area contributed by atoms with Gasteiger partial charge < -0.3 is 5.73 Å². The van der Waals surface area contributed by atoms with Gasteiger partial charge in [0, 0.05) is 11.4 Å². The van der Waals surface area contributed by atoms with Crippen LogP contribution in [-0.2, 0) is 0 Å². The largest absolute Gasteiger partial charge is 0.325 e. The lowest BCUT2D eigenvalue weighted by molar-refractivity contribution is 0.294. The SMILES string of the molecule is CC1(C)CCC(n2ncc3ccccc32)C1N. The van der Waals surface area contributed by atoms with Gasteiger partial charge in [0.25, 0.3) is 0 Å². The van der Waals surface area contributed by atoms with Crippen LogP contribution in [0.4, 0.5) is 0 Å². The second-order valence-corrected chi connectivity index (χ2v) is 5.77. The van der Waals surface area contributed by atoms with Crippen molar-refractivity contribution in [3.8, 4) is 0 Å². The summed E-state index contributed by atoms with van der Waals surface area (Å²) in [6, 6.07) is 8.86. The monoisotopic (exact) mass is 229 g/mol. The van der Waals surface area contributed by atoms with Crippen LogP contribution in [-0.4, -0.2) is 15.8 Å². The number of rotatable bonds is 1. The Morgan fingerprint density at radius 3 is 2.82 bits per heavy atom. The van der Waals surface area contributed by atoms with Crippen LogP contribution in [0.25, 0.3) is 10.9 Å². The number of hydrogen-bond acceptors (Lipinski definition) is 2. The molecule has 1 fully saturated rings. The fourth-order valence-electron chi connectivity index (χ4n) is 2.92. The van der Waals surface area contributed by atoms with Crippen molar-refractivity contribution in [1.29, 1.82) is 0 Å². The van der Waals surface area contributed by atoms with Gasteiger partial charge >= 0.3 is 0 Å². The molecule has 0 bridgehead atoms. The molecule has 1 aromatic heterocycles. The quantitative estimate of drug-likeness (QED) is 0.817. The van der Waals surface area contributed by atoms with E-state index in [1.54, 1.807) is 0 Å². The fourth-order valence-corrected chi connectivity index (χ4v) is 2.92. The van der Waals surface area contributed by atoms with Gasteiger partial charge in [-0.25, -0.2) is 0 Å². The number of para-hydroxylation sites is 1. The Morgan fingerprint density at radius 1 is 1.35 bits per heavy atom. The Bertz CT molecular complexity index is 541. The van der Waals surface area contributed by atoms with Crippen molar-refractivity contribution >= 4 is 10.9 Å². The van der Waals surface area contributed by atoms with Crippen molar-refractivity contribution in [3.05, 3.63) is 30.5 Å². The van der Waals surface area contributed by atoms with Crippen molar-refractivity contribution in [2.75, 3.05) is 0 Å². The normalized spacial score (nSPS) is 27.7. The van der Waals surface area contributed by atoms with Crippen molar-refractivity contribution in [1.82, 2.24) is 9.78 Å². The van der Waals surface area contributed by atoms with E-state index in [2.05, 4.69) is 41.8 Å². The van der Waals surface area contributed by atoms with Crippen molar-refractivity contribution in [2.45, 2.75) is 38.8 Å². The van der Waals surface area contributed by atoms with Crippen LogP contribution in [0.5, 0.6) is 0 Å². The van der Waals surface area contributed by atoms with Crippen LogP contribution in [0.2, 0.25) is 0 Å². The molecule has 1 aliphatic rings. The third-order valence-electron chi connectivity index (χ3n) is 4.22. The number of fused-ring (bicyclic) bond motifs is 1. The Balaban J connectivity index is 2.05. The first-order valence-electron chi connectivity index (χ1n) is 6.27. The van der Waals surface area contributed by atoms with E-state index in [0.29, 0.717) is 6.04 Å². The highest BCUT2D eigenvalue weighted by Gasteiger charge is 2.41. The second kappa shape index (κ2) is 3.57. The molecule has 1 aliphatic carbocycles. The molecular formula is C14H19N3. The maximum absolute atomic E-state index is 6.38. The summed E-state index contributed by atoms with van der Waals surface area (Å²) >= 11 is 0. The molecule has 3 rings (SSSR count). The zero-order valence-corrected chi connectivity index (χ0v) is 10.4. The average molecular weight is 229 g/mol. The smallest absolute Gasteiger partial charge is 0.0686 e. The first-order chi connectivity index (χ1) is 8.09. The van der Waals surface area contributed by atoms with E-state index in [1.165, 1.54) is 17.3 Å². The maximum atomic E-state index is 6.38. The lowest BCUT2D eigenvalue weighted by atomic mass is 9.87. The molecule has 3 heteroatoms. The van der Waals surface area contributed by atoms with E-state index in [9.17, 15) is 0 Å². The summed E-state index contributed by atoms with van der Waals surface area (Å²) in [5.74, 6) is 0. The van der Waals surface area contributed by atoms with Gasteiger partial charge in [0.15, 0.2) is 0 Å². The van der Waals surface area contributed by atoms with Crippen LogP contribution < -0.4 is 5.73 Å². The summed E-state index contributed by atoms with van der Waals surface area (Å²) in [5.41, 5.74) is 7.80. The highest BCUT2D eigenvalue weighted by molar-refractivity contribution is 5.78. The average Bonchev–Trinajstić information content (AvgIpc) is 2.83. The first kappa shape index (κ1) is 10.8. The number of benzene rings is 1. The van der Waals surface area contributed by atoms with Crippen LogP contribution in [0.1, 0.15) is 32.7 Å². The number of nitrogens with two attached hydrogens (primary N) is 1. The van der Waals surface area contributed by atoms with Crippen LogP contribution >= 0.6 is 0 Å². The van der Waals surface area contributed by atoms with Crippen LogP contribution in [0.3, 0.4) is 0 Å². The highest BCUT2D eigenvalue weighted by Crippen LogP contribution is 2.43. The molecular weight excluding hydrogens is 210 g/mol. The Kier molecular flexibility index (Phi) is 2.26. The molecule has 3 nitrogen and oxygen atoms in total. The van der Waals surface area contributed by atoms with Crippen molar-refractivity contribution in [2.24, 2.45) is 11.1 Å². The number of aromatic nitrogens is 2. The summed E-state index contributed by atoms with van der Waals surface area (Å²) in [4.78, 5) is 0. The molecule has 0 spiro atoms. The van der Waals surface area contributed by atoms with Gasteiger partial charge in [-0.05, 0) is 24.3 Å². The summed E-state index contributed by atoms with van der Waals surface area (Å²) < 4.78 is 2.12. The summed E-state index contributed by atoms with van der Waals surface area (Å²) in [5, 5.41) is 5.73. The van der Waals surface area contributed by atoms with E-state index >= 15 is 0 Å². The van der Waals surface area contributed by atoms with E-state index in [-0.39, 0.29) is 11.5 Å². The van der Waals surface area contributed by atoms with Gasteiger partial charge in [-0.3, -0.25) is 4.68 Å². The Hall–Kier alpha value is -1.35. The highest BCUT2D eigenvalue weighted by atomic mass is 15.3. The minimum Gasteiger partial charge on any atom is -0.325 e. The van der Waals surface area contributed by atoms with Gasteiger partial charge in [0.1, 0.15) is 0 Å². The minimum absolute atomic E-state index is 0.186. The van der Waals surface area contributed by atoms with E-state index in [1.807, 2.05) is 12.3 Å². The van der Waals surface area contributed by atoms with Crippen molar-refractivity contribution < 1.29 is 0 Å². The predicted molar refractivity (Wildman–Crippen MR) is 69.8 cm³/mol. The molecule has 2 N–H and O–H groups in total. The molecule has 0 aliphatic heterocycles. The molecule has 0 saturated heterocycles. The number of hydrogen-bond donors (Lipinski definition) is 1. The lowest BCUT2D eigenvalue weighted by Gasteiger charge is -2.27. The van der Waals surface area contributed by atoms with E-state index < -0.39 is 0 Å². The van der Waals surface area contributed by atoms with Gasteiger partial charge in [-0.1, -0.05) is 32.0 Å². The molecule has 17 heavy (non-hydrogen) atoms. The minimum atomic E-state index is 0.186. The fraction of sp³-hybridized carbons (Fsp3) is 0.500. The molecule has 90 valence electrons. The van der Waals surface area contributed by atoms with Gasteiger partial charge in [-0.15, -0.1) is 0 Å². The standard InChI is InChI=1S/C14H19N3/c1-14(2)8-7-12(13(14)15)17-11-6-4-3-5-10(11)9-16-17/h3-6,9,12-13H,7-8,15H2,1-2H3. The third kappa shape index (κ3) is 1.57. The molecule has 2 atom stereocenters. The van der Waals surface area contributed by atoms with Crippen molar-refractivity contribution in [3.63, 3.8) is 0 Å². The summed E-state index contributed by atoms with van der Waals surface area (Å²) in [6.07, 6.45) is 4.24. The van der Waals surface area contributed by atoms with E-state index in [0.717, 1.165) is 6.42 Å². The zero-order chi connectivity index (χ0) is 12.0. The summed E-state index contributed by atoms with van der Waals surface area (Å²) in [6.45, 7) is 4.51. The Labute approximate surface area is 102 Å². The molecule has 1 heterocycles. The van der Waals surface area contributed by atoms with Crippen LogP contribution in [0, 0.1) is 5.41 Å². The first-order valence-corrected chi connectivity index (χ1v) is 6.27. The van der Waals surface area contributed by atoms with Gasteiger partial charge in [-0.2, -0.15) is 5.10 Å². The molecule has 0 radical (unpaired) electrons. The van der Waals surface area contributed by atoms with Gasteiger partial charge in [0.05, 0.1) is 17.8 Å². The Morgan fingerprint density at radius 2 is 2.12 bits per heavy atom. The van der Waals surface area contributed by atoms with Gasteiger partial charge in [0.2, 0.25) is 0 Å². The third-order valence-corrected chi connectivity index (χ3v) is 4.22. The second-order valence-electron chi connectivity index (χ2n) is 5.77. The molecule has 2 aromatic rings. The zero-order valence-electron chi connectivity index (χ0n) is 10.4. The molecule has 1 aromatic carbocycles. The summed E-state index contributed by atoms with van der Waals surface area (Å²) in [7, 11) is 0. The maximum Gasteiger partial charge on any atom is 0.0686 e. The van der Waals surface area contributed by atoms with E-state index in [4.69, 9.17) is 5.73 Å². The lowest BCUT2D eigenvalue weighted by Crippen LogP contribution is -2.38. The predicted octanol–water partition coefficient (Wildman–Crippen LogP) is 2.72. The van der Waals surface area contributed by atoms with Crippen LogP contribution in [0.15, 0.2) is 30.5 Å². The molecule has 1 saturated carbocycles. The molecule has 2 unspecified atom stereocenters. The number of nitrogens with zero attached hydrogens (tertiary/aromatic N) is 2.